The molecular weight excluding hydrogens is 444 g/mol. The van der Waals surface area contributed by atoms with E-state index >= 15 is 0 Å². The Bertz CT molecular complexity index is 1400. The van der Waals surface area contributed by atoms with Gasteiger partial charge in [0, 0.05) is 22.5 Å². The van der Waals surface area contributed by atoms with Crippen LogP contribution in [0.2, 0.25) is 0 Å². The number of benzene rings is 4. The third-order valence-electron chi connectivity index (χ3n) is 6.38. The van der Waals surface area contributed by atoms with Gasteiger partial charge >= 0.3 is 0 Å². The first kappa shape index (κ1) is 23.1. The number of hydrogen-bond acceptors (Lipinski definition) is 4. The standard InChI is InChI=1S/C32H26N2O2/c1-3-11-21-13-5-9-17-25(21)33-27-19-20-28(34-26-18-10-6-14-22(26)12-4-2)30-29(27)31(35)23-15-7-8-16-24(23)32(30)36/h3-10,13-20,33-34H,1-2,11-12H2. The van der Waals surface area contributed by atoms with Crippen LogP contribution in [0.4, 0.5) is 22.7 Å². The zero-order valence-corrected chi connectivity index (χ0v) is 19.9. The molecule has 0 bridgehead atoms. The lowest BCUT2D eigenvalue weighted by Gasteiger charge is -2.25. The molecular formula is C32H26N2O2. The van der Waals surface area contributed by atoms with Gasteiger partial charge in [-0.05, 0) is 48.2 Å². The van der Waals surface area contributed by atoms with Gasteiger partial charge in [-0.2, -0.15) is 0 Å². The number of nitrogens with one attached hydrogen (secondary N) is 2. The fourth-order valence-electron chi connectivity index (χ4n) is 4.67. The molecule has 0 heterocycles. The third-order valence-corrected chi connectivity index (χ3v) is 6.38. The Hall–Kier alpha value is -4.70. The second-order valence-electron chi connectivity index (χ2n) is 8.66. The molecule has 0 fully saturated rings. The van der Waals surface area contributed by atoms with Crippen molar-refractivity contribution in [1.82, 2.24) is 0 Å². The summed E-state index contributed by atoms with van der Waals surface area (Å²) in [5, 5.41) is 6.86. The van der Waals surface area contributed by atoms with Gasteiger partial charge in [0.15, 0.2) is 11.6 Å². The fourth-order valence-corrected chi connectivity index (χ4v) is 4.67. The average molecular weight is 471 g/mol. The van der Waals surface area contributed by atoms with Crippen molar-refractivity contribution in [3.05, 3.63) is 144 Å². The summed E-state index contributed by atoms with van der Waals surface area (Å²) >= 11 is 0. The van der Waals surface area contributed by atoms with Crippen molar-refractivity contribution in [2.75, 3.05) is 10.6 Å². The molecule has 0 aromatic heterocycles. The topological polar surface area (TPSA) is 58.2 Å². The zero-order valence-electron chi connectivity index (χ0n) is 19.9. The summed E-state index contributed by atoms with van der Waals surface area (Å²) in [4.78, 5) is 27.6. The first-order valence-electron chi connectivity index (χ1n) is 11.9. The molecule has 1 aliphatic rings. The first-order valence-corrected chi connectivity index (χ1v) is 11.9. The Kier molecular flexibility index (Phi) is 6.33. The molecule has 1 aliphatic carbocycles. The highest BCUT2D eigenvalue weighted by molar-refractivity contribution is 6.32. The van der Waals surface area contributed by atoms with Gasteiger partial charge in [-0.3, -0.25) is 9.59 Å². The lowest BCUT2D eigenvalue weighted by molar-refractivity contribution is 0.0980. The first-order chi connectivity index (χ1) is 17.6. The summed E-state index contributed by atoms with van der Waals surface area (Å²) in [7, 11) is 0. The van der Waals surface area contributed by atoms with Crippen molar-refractivity contribution < 1.29 is 9.59 Å². The molecule has 176 valence electrons. The molecule has 5 rings (SSSR count). The monoisotopic (exact) mass is 470 g/mol. The van der Waals surface area contributed by atoms with Crippen LogP contribution in [0.15, 0.2) is 110 Å². The van der Waals surface area contributed by atoms with Gasteiger partial charge in [-0.1, -0.05) is 72.8 Å². The van der Waals surface area contributed by atoms with Crippen LogP contribution in [-0.4, -0.2) is 11.6 Å². The van der Waals surface area contributed by atoms with E-state index in [0.717, 1.165) is 22.5 Å². The van der Waals surface area contributed by atoms with Crippen LogP contribution in [0.3, 0.4) is 0 Å². The molecule has 0 aliphatic heterocycles. The maximum atomic E-state index is 13.8. The van der Waals surface area contributed by atoms with Crippen LogP contribution >= 0.6 is 0 Å². The van der Waals surface area contributed by atoms with Crippen molar-refractivity contribution >= 4 is 34.3 Å². The number of anilines is 4. The SMILES string of the molecule is C=CCc1ccccc1Nc1ccc(Nc2ccccc2CC=C)c2c1C(=O)c1ccccc1C2=O. The largest absolute Gasteiger partial charge is 0.355 e. The fraction of sp³-hybridized carbons (Fsp3) is 0.0625. The molecule has 4 nitrogen and oxygen atoms in total. The second kappa shape index (κ2) is 9.88. The highest BCUT2D eigenvalue weighted by Gasteiger charge is 2.34. The van der Waals surface area contributed by atoms with Gasteiger partial charge in [0.1, 0.15) is 0 Å². The zero-order chi connectivity index (χ0) is 25.1. The quantitative estimate of drug-likeness (QED) is 0.232. The van der Waals surface area contributed by atoms with Gasteiger partial charge in [0.05, 0.1) is 22.5 Å². The smallest absolute Gasteiger partial charge is 0.196 e. The molecule has 0 spiro atoms. The van der Waals surface area contributed by atoms with E-state index in [1.807, 2.05) is 72.8 Å². The van der Waals surface area contributed by atoms with Gasteiger partial charge in [-0.15, -0.1) is 13.2 Å². The maximum Gasteiger partial charge on any atom is 0.196 e. The van der Waals surface area contributed by atoms with Gasteiger partial charge in [0.2, 0.25) is 0 Å². The number of para-hydroxylation sites is 2. The van der Waals surface area contributed by atoms with Crippen molar-refractivity contribution in [1.29, 1.82) is 0 Å². The van der Waals surface area contributed by atoms with Crippen molar-refractivity contribution in [3.8, 4) is 0 Å². The Balaban J connectivity index is 1.67. The molecule has 0 radical (unpaired) electrons. The highest BCUT2D eigenvalue weighted by atomic mass is 16.1. The van der Waals surface area contributed by atoms with Crippen molar-refractivity contribution in [2.45, 2.75) is 12.8 Å². The number of allylic oxidation sites excluding steroid dienone is 2. The van der Waals surface area contributed by atoms with Crippen LogP contribution in [-0.2, 0) is 12.8 Å². The van der Waals surface area contributed by atoms with Crippen LogP contribution in [0.25, 0.3) is 0 Å². The van der Waals surface area contributed by atoms with Crippen molar-refractivity contribution in [2.24, 2.45) is 0 Å². The number of ketones is 2. The van der Waals surface area contributed by atoms with E-state index in [9.17, 15) is 9.59 Å². The normalized spacial score (nSPS) is 11.9. The molecule has 0 saturated heterocycles. The third kappa shape index (κ3) is 4.14. The van der Waals surface area contributed by atoms with Gasteiger partial charge in [-0.25, -0.2) is 0 Å². The molecule has 2 N–H and O–H groups in total. The molecule has 0 amide bonds. The second-order valence-corrected chi connectivity index (χ2v) is 8.66. The van der Waals surface area contributed by atoms with Crippen LogP contribution in [0, 0.1) is 0 Å². The number of rotatable bonds is 8. The average Bonchev–Trinajstić information content (AvgIpc) is 2.90. The summed E-state index contributed by atoms with van der Waals surface area (Å²) in [6.07, 6.45) is 5.05. The number of carbonyl (C=O) groups is 2. The Labute approximate surface area is 211 Å². The highest BCUT2D eigenvalue weighted by Crippen LogP contribution is 2.39. The number of carbonyl (C=O) groups excluding carboxylic acids is 2. The minimum atomic E-state index is -0.174. The lowest BCUT2D eigenvalue weighted by atomic mass is 9.82. The maximum absolute atomic E-state index is 13.8. The summed E-state index contributed by atoms with van der Waals surface area (Å²) in [6, 6.07) is 26.5. The summed E-state index contributed by atoms with van der Waals surface area (Å²) < 4.78 is 0. The molecule has 4 aromatic carbocycles. The molecule has 0 unspecified atom stereocenters. The predicted molar refractivity (Wildman–Crippen MR) is 147 cm³/mol. The minimum Gasteiger partial charge on any atom is -0.355 e. The number of fused-ring (bicyclic) bond motifs is 2. The van der Waals surface area contributed by atoms with Crippen LogP contribution in [0.1, 0.15) is 43.0 Å². The van der Waals surface area contributed by atoms with E-state index in [-0.39, 0.29) is 11.6 Å². The van der Waals surface area contributed by atoms with E-state index in [4.69, 9.17) is 0 Å². The molecule has 4 heteroatoms. The summed E-state index contributed by atoms with van der Waals surface area (Å²) in [5.74, 6) is -0.348. The Morgan fingerprint density at radius 3 is 1.33 bits per heavy atom. The molecule has 36 heavy (non-hydrogen) atoms. The minimum absolute atomic E-state index is 0.174. The molecule has 0 saturated carbocycles. The summed E-state index contributed by atoms with van der Waals surface area (Å²) in [6.45, 7) is 7.70. The lowest BCUT2D eigenvalue weighted by Crippen LogP contribution is -2.23. The summed E-state index contributed by atoms with van der Waals surface area (Å²) in [5.41, 5.74) is 6.62. The van der Waals surface area contributed by atoms with E-state index in [1.54, 1.807) is 24.3 Å². The van der Waals surface area contributed by atoms with E-state index < -0.39 is 0 Å². The Morgan fingerprint density at radius 1 is 0.528 bits per heavy atom. The Morgan fingerprint density at radius 2 is 0.917 bits per heavy atom. The van der Waals surface area contributed by atoms with E-state index in [1.165, 1.54) is 0 Å². The van der Waals surface area contributed by atoms with Gasteiger partial charge < -0.3 is 10.6 Å². The van der Waals surface area contributed by atoms with E-state index in [0.29, 0.717) is 46.5 Å². The van der Waals surface area contributed by atoms with Crippen LogP contribution in [0.5, 0.6) is 0 Å². The molecule has 0 atom stereocenters. The van der Waals surface area contributed by atoms with E-state index in [2.05, 4.69) is 23.8 Å². The van der Waals surface area contributed by atoms with Crippen molar-refractivity contribution in [3.63, 3.8) is 0 Å². The van der Waals surface area contributed by atoms with Gasteiger partial charge in [0.25, 0.3) is 0 Å². The van der Waals surface area contributed by atoms with Crippen LogP contribution < -0.4 is 10.6 Å². The number of hydrogen-bond donors (Lipinski definition) is 2. The molecule has 4 aromatic rings. The predicted octanol–water partition coefficient (Wildman–Crippen LogP) is 7.41.